The molecule has 0 bridgehead atoms. The van der Waals surface area contributed by atoms with Crippen LogP contribution in [0.1, 0.15) is 75.3 Å². The number of rotatable bonds is 0. The largest absolute Gasteiger partial charge is 0.0827 e. The summed E-state index contributed by atoms with van der Waals surface area (Å²) < 4.78 is 0. The van der Waals surface area contributed by atoms with Gasteiger partial charge in [0.15, 0.2) is 0 Å². The van der Waals surface area contributed by atoms with Gasteiger partial charge in [-0.15, -0.1) is 0 Å². The maximum Gasteiger partial charge on any atom is 0.0594 e. The fraction of sp³-hybridized carbons (Fsp3) is 0.667. The van der Waals surface area contributed by atoms with Crippen LogP contribution in [0.5, 0.6) is 0 Å². The Balaban J connectivity index is -0.0000000589. The van der Waals surface area contributed by atoms with E-state index in [1.54, 1.807) is 6.07 Å². The first-order chi connectivity index (χ1) is 8.34. The molecular weight excluding hydrogens is 287 g/mol. The first kappa shape index (κ1) is 31.9. The van der Waals surface area contributed by atoms with Crippen LogP contribution in [0.15, 0.2) is 18.2 Å². The van der Waals surface area contributed by atoms with Crippen molar-refractivity contribution in [1.82, 2.24) is 0 Å². The van der Waals surface area contributed by atoms with Gasteiger partial charge in [-0.05, 0) is 30.5 Å². The zero-order valence-electron chi connectivity index (χ0n) is 13.3. The molecule has 0 atom stereocenters. The van der Waals surface area contributed by atoms with Crippen LogP contribution < -0.4 is 0 Å². The van der Waals surface area contributed by atoms with Crippen LogP contribution in [-0.4, -0.2) is 0 Å². The zero-order valence-corrected chi connectivity index (χ0v) is 14.8. The highest BCUT2D eigenvalue weighted by atomic mass is 35.5. The van der Waals surface area contributed by atoms with Crippen LogP contribution in [0.3, 0.4) is 0 Å². The van der Waals surface area contributed by atoms with Crippen LogP contribution in [0.25, 0.3) is 0 Å². The van der Waals surface area contributed by atoms with E-state index in [4.69, 9.17) is 23.2 Å². The second-order valence-corrected chi connectivity index (χ2v) is 5.17. The Morgan fingerprint density at radius 1 is 0.900 bits per heavy atom. The van der Waals surface area contributed by atoms with Crippen LogP contribution >= 0.6 is 23.2 Å². The van der Waals surface area contributed by atoms with Crippen molar-refractivity contribution in [2.24, 2.45) is 5.92 Å². The Morgan fingerprint density at radius 3 is 1.40 bits per heavy atom. The molecule has 0 amide bonds. The molecule has 0 aliphatic heterocycles. The van der Waals surface area contributed by atoms with Crippen molar-refractivity contribution in [1.29, 1.82) is 0 Å². The molecule has 124 valence electrons. The third-order valence-electron chi connectivity index (χ3n) is 1.08. The summed E-state index contributed by atoms with van der Waals surface area (Å²) in [5.41, 5.74) is 1.13. The minimum absolute atomic E-state index is 0. The SMILES string of the molecule is C.C.CC.CC(C)C.CCC.Cc1ccc(Cl)c(Cl)c1. The van der Waals surface area contributed by atoms with E-state index in [-0.39, 0.29) is 14.9 Å². The van der Waals surface area contributed by atoms with E-state index < -0.39 is 0 Å². The van der Waals surface area contributed by atoms with Gasteiger partial charge in [0.05, 0.1) is 10.0 Å². The third-order valence-corrected chi connectivity index (χ3v) is 1.81. The lowest BCUT2D eigenvalue weighted by Gasteiger charge is -1.94. The fourth-order valence-electron chi connectivity index (χ4n) is 0.601. The average molecular weight is 325 g/mol. The van der Waals surface area contributed by atoms with Gasteiger partial charge in [-0.2, -0.15) is 0 Å². The predicted molar refractivity (Wildman–Crippen MR) is 102 cm³/mol. The molecule has 0 N–H and O–H groups in total. The first-order valence-corrected chi connectivity index (χ1v) is 7.52. The van der Waals surface area contributed by atoms with Gasteiger partial charge in [-0.3, -0.25) is 0 Å². The van der Waals surface area contributed by atoms with Gasteiger partial charge >= 0.3 is 0 Å². The summed E-state index contributed by atoms with van der Waals surface area (Å²) in [6, 6.07) is 5.55. The Hall–Kier alpha value is -0.200. The first-order valence-electron chi connectivity index (χ1n) is 6.76. The summed E-state index contributed by atoms with van der Waals surface area (Å²) in [5, 5.41) is 1.24. The van der Waals surface area contributed by atoms with E-state index in [2.05, 4.69) is 34.6 Å². The molecule has 1 aromatic carbocycles. The lowest BCUT2D eigenvalue weighted by molar-refractivity contribution is 0.737. The van der Waals surface area contributed by atoms with E-state index in [9.17, 15) is 0 Å². The van der Waals surface area contributed by atoms with Crippen molar-refractivity contribution in [3.8, 4) is 0 Å². The summed E-state index contributed by atoms with van der Waals surface area (Å²) in [6.45, 7) is 16.7. The monoisotopic (exact) mass is 324 g/mol. The highest BCUT2D eigenvalue weighted by molar-refractivity contribution is 6.41. The topological polar surface area (TPSA) is 0 Å². The molecule has 0 aliphatic carbocycles. The Labute approximate surface area is 139 Å². The van der Waals surface area contributed by atoms with Gasteiger partial charge in [-0.1, -0.05) is 99.0 Å². The summed E-state index contributed by atoms with van der Waals surface area (Å²) in [7, 11) is 0. The molecule has 0 nitrogen and oxygen atoms in total. The molecule has 0 saturated heterocycles. The summed E-state index contributed by atoms with van der Waals surface area (Å²) >= 11 is 11.3. The molecule has 0 aliphatic rings. The average Bonchev–Trinajstić information content (AvgIpc) is 2.27. The highest BCUT2D eigenvalue weighted by Crippen LogP contribution is 2.21. The highest BCUT2D eigenvalue weighted by Gasteiger charge is 1.93. The Kier molecular flexibility index (Phi) is 38.1. The number of hydrogen-bond donors (Lipinski definition) is 0. The van der Waals surface area contributed by atoms with Gasteiger partial charge < -0.3 is 0 Å². The van der Waals surface area contributed by atoms with E-state index >= 15 is 0 Å². The number of aryl methyl sites for hydroxylation is 1. The van der Waals surface area contributed by atoms with Gasteiger partial charge in [0.1, 0.15) is 0 Å². The fourth-order valence-corrected chi connectivity index (χ4v) is 0.954. The molecule has 0 aromatic heterocycles. The predicted octanol–water partition coefficient (Wildman–Crippen LogP) is 8.68. The van der Waals surface area contributed by atoms with Crippen molar-refractivity contribution in [3.63, 3.8) is 0 Å². The van der Waals surface area contributed by atoms with Crippen molar-refractivity contribution in [3.05, 3.63) is 33.8 Å². The summed E-state index contributed by atoms with van der Waals surface area (Å²) in [5.74, 6) is 0.833. The maximum atomic E-state index is 5.68. The van der Waals surface area contributed by atoms with E-state index in [1.807, 2.05) is 32.9 Å². The van der Waals surface area contributed by atoms with Gasteiger partial charge in [0, 0.05) is 0 Å². The Bertz CT molecular complexity index is 265. The van der Waals surface area contributed by atoms with Crippen molar-refractivity contribution in [2.75, 3.05) is 0 Å². The Morgan fingerprint density at radius 2 is 1.20 bits per heavy atom. The van der Waals surface area contributed by atoms with Crippen LogP contribution in [0, 0.1) is 12.8 Å². The van der Waals surface area contributed by atoms with Crippen molar-refractivity contribution < 1.29 is 0 Å². The van der Waals surface area contributed by atoms with E-state index in [1.165, 1.54) is 6.42 Å². The molecule has 2 heteroatoms. The standard InChI is InChI=1S/C7H6Cl2.C4H10.C3H8.C2H6.2CH4/c1-5-2-3-6(8)7(9)4-5;1-4(2)3;1-3-2;1-2;;/h2-4H,1H3;4H,1-3H3;3H2,1-2H3;1-2H3;2*1H4. The van der Waals surface area contributed by atoms with Gasteiger partial charge in [0.2, 0.25) is 0 Å². The lowest BCUT2D eigenvalue weighted by atomic mass is 10.2. The molecule has 1 aromatic rings. The summed E-state index contributed by atoms with van der Waals surface area (Å²) in [6.07, 6.45) is 1.25. The second-order valence-electron chi connectivity index (χ2n) is 4.36. The lowest BCUT2D eigenvalue weighted by Crippen LogP contribution is -1.70. The second kappa shape index (κ2) is 23.9. The van der Waals surface area contributed by atoms with Crippen molar-refractivity contribution in [2.45, 2.75) is 76.7 Å². The quantitative estimate of drug-likeness (QED) is 0.447. The van der Waals surface area contributed by atoms with E-state index in [0.29, 0.717) is 10.0 Å². The molecular formula is C18H38Cl2. The molecule has 0 radical (unpaired) electrons. The molecule has 0 fully saturated rings. The molecule has 0 unspecified atom stereocenters. The number of halogens is 2. The zero-order chi connectivity index (χ0) is 15.1. The smallest absolute Gasteiger partial charge is 0.0594 e. The van der Waals surface area contributed by atoms with Crippen LogP contribution in [0.2, 0.25) is 10.0 Å². The van der Waals surface area contributed by atoms with Crippen LogP contribution in [0.4, 0.5) is 0 Å². The van der Waals surface area contributed by atoms with Gasteiger partial charge in [-0.25, -0.2) is 0 Å². The normalized spacial score (nSPS) is 7.35. The number of hydrogen-bond acceptors (Lipinski definition) is 0. The molecule has 1 rings (SSSR count). The molecule has 0 saturated carbocycles. The third kappa shape index (κ3) is 30.7. The van der Waals surface area contributed by atoms with Gasteiger partial charge in [0.25, 0.3) is 0 Å². The molecule has 0 heterocycles. The minimum Gasteiger partial charge on any atom is -0.0827 e. The summed E-state index contributed by atoms with van der Waals surface area (Å²) in [4.78, 5) is 0. The van der Waals surface area contributed by atoms with Crippen molar-refractivity contribution >= 4 is 23.2 Å². The molecule has 0 spiro atoms. The number of benzene rings is 1. The molecule has 20 heavy (non-hydrogen) atoms. The van der Waals surface area contributed by atoms with E-state index in [0.717, 1.165) is 11.5 Å². The maximum absolute atomic E-state index is 5.68. The van der Waals surface area contributed by atoms with Crippen LogP contribution in [-0.2, 0) is 0 Å². The minimum atomic E-state index is 0.